The first kappa shape index (κ1) is 19.8. The molecule has 1 N–H and O–H groups in total. The van der Waals surface area contributed by atoms with Crippen molar-refractivity contribution < 1.29 is 19.3 Å². The van der Waals surface area contributed by atoms with Crippen molar-refractivity contribution in [2.45, 2.75) is 37.6 Å². The standard InChI is InChI=1S/C23H26N2O4/c1-27-20-19(14-26)25-13-12-24-23(25)22(29-16-18-10-6-3-7-11-18)21(20)28-15-17-8-4-2-5-9-17/h2-13,19-22,26H,14-16H2,1H3/t19-,20-,21+,22?/m1/s1. The maximum absolute atomic E-state index is 10.0. The van der Waals surface area contributed by atoms with Crippen molar-refractivity contribution in [1.29, 1.82) is 0 Å². The SMILES string of the molecule is CO[C@H]1[C@H](OCc2ccccc2)C(OCc2ccccc2)c2nccn2[C@@H]1CO. The van der Waals surface area contributed by atoms with Gasteiger partial charge >= 0.3 is 0 Å². The van der Waals surface area contributed by atoms with Gasteiger partial charge in [-0.25, -0.2) is 4.98 Å². The normalized spacial score (nSPS) is 23.7. The molecular formula is C23H26N2O4. The van der Waals surface area contributed by atoms with Crippen LogP contribution in [0.3, 0.4) is 0 Å². The number of aliphatic hydroxyl groups excluding tert-OH is 1. The Morgan fingerprint density at radius 1 is 0.897 bits per heavy atom. The van der Waals surface area contributed by atoms with Crippen LogP contribution in [-0.2, 0) is 27.4 Å². The van der Waals surface area contributed by atoms with E-state index in [1.807, 2.05) is 71.4 Å². The summed E-state index contributed by atoms with van der Waals surface area (Å²) >= 11 is 0. The van der Waals surface area contributed by atoms with Crippen LogP contribution in [0.1, 0.15) is 29.1 Å². The van der Waals surface area contributed by atoms with Crippen molar-refractivity contribution in [3.05, 3.63) is 90.0 Å². The number of imidazole rings is 1. The lowest BCUT2D eigenvalue weighted by Crippen LogP contribution is -2.49. The summed E-state index contributed by atoms with van der Waals surface area (Å²) in [6.07, 6.45) is 2.39. The van der Waals surface area contributed by atoms with E-state index < -0.39 is 12.2 Å². The molecule has 0 fully saturated rings. The van der Waals surface area contributed by atoms with E-state index in [1.165, 1.54) is 0 Å². The number of fused-ring (bicyclic) bond motifs is 1. The van der Waals surface area contributed by atoms with E-state index in [2.05, 4.69) is 4.98 Å². The van der Waals surface area contributed by atoms with Gasteiger partial charge in [0.25, 0.3) is 0 Å². The average molecular weight is 394 g/mol. The lowest BCUT2D eigenvalue weighted by atomic mass is 9.95. The number of hydrogen-bond donors (Lipinski definition) is 1. The third-order valence-electron chi connectivity index (χ3n) is 5.33. The molecule has 0 aliphatic carbocycles. The van der Waals surface area contributed by atoms with Gasteiger partial charge in [-0.2, -0.15) is 0 Å². The number of aliphatic hydroxyl groups is 1. The summed E-state index contributed by atoms with van der Waals surface area (Å²) in [5, 5.41) is 10.0. The number of rotatable bonds is 8. The van der Waals surface area contributed by atoms with Gasteiger partial charge in [0.2, 0.25) is 0 Å². The Balaban J connectivity index is 1.61. The van der Waals surface area contributed by atoms with Gasteiger partial charge in [-0.3, -0.25) is 0 Å². The van der Waals surface area contributed by atoms with Gasteiger partial charge in [-0.15, -0.1) is 0 Å². The summed E-state index contributed by atoms with van der Waals surface area (Å²) in [5.74, 6) is 0.742. The van der Waals surface area contributed by atoms with Gasteiger partial charge < -0.3 is 23.9 Å². The van der Waals surface area contributed by atoms with Crippen LogP contribution in [0.4, 0.5) is 0 Å². The summed E-state index contributed by atoms with van der Waals surface area (Å²) in [5.41, 5.74) is 2.14. The van der Waals surface area contributed by atoms with E-state index in [0.29, 0.717) is 13.2 Å². The third kappa shape index (κ3) is 4.26. The molecule has 1 unspecified atom stereocenters. The Morgan fingerprint density at radius 2 is 1.52 bits per heavy atom. The molecule has 6 heteroatoms. The Labute approximate surface area is 170 Å². The fraction of sp³-hybridized carbons (Fsp3) is 0.348. The van der Waals surface area contributed by atoms with Gasteiger partial charge in [0.15, 0.2) is 0 Å². The van der Waals surface area contributed by atoms with Crippen LogP contribution in [0.15, 0.2) is 73.1 Å². The molecule has 1 aromatic heterocycles. The summed E-state index contributed by atoms with van der Waals surface area (Å²) in [6, 6.07) is 19.7. The van der Waals surface area contributed by atoms with Gasteiger partial charge in [0.1, 0.15) is 24.1 Å². The number of ether oxygens (including phenoxy) is 3. The van der Waals surface area contributed by atoms with Crippen LogP contribution < -0.4 is 0 Å². The number of hydrogen-bond acceptors (Lipinski definition) is 5. The molecular weight excluding hydrogens is 368 g/mol. The van der Waals surface area contributed by atoms with Crippen LogP contribution in [0.25, 0.3) is 0 Å². The minimum Gasteiger partial charge on any atom is -0.394 e. The zero-order valence-electron chi connectivity index (χ0n) is 16.4. The van der Waals surface area contributed by atoms with Crippen molar-refractivity contribution in [2.24, 2.45) is 0 Å². The van der Waals surface area contributed by atoms with Crippen LogP contribution >= 0.6 is 0 Å². The first-order valence-electron chi connectivity index (χ1n) is 9.79. The molecule has 6 nitrogen and oxygen atoms in total. The minimum atomic E-state index is -0.415. The molecule has 4 atom stereocenters. The van der Waals surface area contributed by atoms with Crippen LogP contribution in [0.2, 0.25) is 0 Å². The molecule has 3 aromatic rings. The van der Waals surface area contributed by atoms with Crippen molar-refractivity contribution in [3.8, 4) is 0 Å². The van der Waals surface area contributed by atoms with Gasteiger partial charge in [-0.05, 0) is 11.1 Å². The highest BCUT2D eigenvalue weighted by molar-refractivity contribution is 5.16. The highest BCUT2D eigenvalue weighted by Gasteiger charge is 2.45. The summed E-state index contributed by atoms with van der Waals surface area (Å²) in [6.45, 7) is 0.789. The fourth-order valence-electron chi connectivity index (χ4n) is 3.88. The molecule has 2 heterocycles. The molecule has 0 saturated heterocycles. The molecule has 0 bridgehead atoms. The number of benzene rings is 2. The maximum Gasteiger partial charge on any atom is 0.144 e. The van der Waals surface area contributed by atoms with E-state index in [-0.39, 0.29) is 18.8 Å². The molecule has 152 valence electrons. The molecule has 0 radical (unpaired) electrons. The second kappa shape index (κ2) is 9.33. The quantitative estimate of drug-likeness (QED) is 0.635. The number of nitrogens with zero attached hydrogens (tertiary/aromatic N) is 2. The van der Waals surface area contributed by atoms with E-state index in [4.69, 9.17) is 14.2 Å². The average Bonchev–Trinajstić information content (AvgIpc) is 3.26. The summed E-state index contributed by atoms with van der Waals surface area (Å²) in [4.78, 5) is 4.51. The Hall–Kier alpha value is -2.51. The van der Waals surface area contributed by atoms with E-state index in [0.717, 1.165) is 17.0 Å². The predicted octanol–water partition coefficient (Wildman–Crippen LogP) is 3.29. The smallest absolute Gasteiger partial charge is 0.144 e. The molecule has 0 amide bonds. The van der Waals surface area contributed by atoms with E-state index >= 15 is 0 Å². The van der Waals surface area contributed by atoms with Crippen molar-refractivity contribution in [3.63, 3.8) is 0 Å². The molecule has 1 aliphatic heterocycles. The van der Waals surface area contributed by atoms with Crippen molar-refractivity contribution in [2.75, 3.05) is 13.7 Å². The zero-order chi connectivity index (χ0) is 20.1. The minimum absolute atomic E-state index is 0.0710. The van der Waals surface area contributed by atoms with Crippen LogP contribution in [-0.4, -0.2) is 40.6 Å². The van der Waals surface area contributed by atoms with Crippen molar-refractivity contribution >= 4 is 0 Å². The summed E-state index contributed by atoms with van der Waals surface area (Å²) < 4.78 is 20.4. The van der Waals surface area contributed by atoms with Gasteiger partial charge in [0.05, 0.1) is 25.9 Å². The Morgan fingerprint density at radius 3 is 2.10 bits per heavy atom. The highest BCUT2D eigenvalue weighted by Crippen LogP contribution is 2.38. The Kier molecular flexibility index (Phi) is 6.36. The molecule has 0 saturated carbocycles. The first-order chi connectivity index (χ1) is 14.3. The maximum atomic E-state index is 10.0. The lowest BCUT2D eigenvalue weighted by molar-refractivity contribution is -0.175. The third-order valence-corrected chi connectivity index (χ3v) is 5.33. The molecule has 4 rings (SSSR count). The molecule has 29 heavy (non-hydrogen) atoms. The van der Waals surface area contributed by atoms with Crippen LogP contribution in [0.5, 0.6) is 0 Å². The number of methoxy groups -OCH3 is 1. The van der Waals surface area contributed by atoms with Crippen LogP contribution in [0, 0.1) is 0 Å². The van der Waals surface area contributed by atoms with E-state index in [1.54, 1.807) is 13.3 Å². The molecule has 0 spiro atoms. The lowest BCUT2D eigenvalue weighted by Gasteiger charge is -2.41. The second-order valence-electron chi connectivity index (χ2n) is 7.12. The topological polar surface area (TPSA) is 65.7 Å². The Bertz CT molecular complexity index is 884. The second-order valence-corrected chi connectivity index (χ2v) is 7.12. The number of aromatic nitrogens is 2. The largest absolute Gasteiger partial charge is 0.394 e. The van der Waals surface area contributed by atoms with Crippen molar-refractivity contribution in [1.82, 2.24) is 9.55 Å². The molecule has 1 aliphatic rings. The fourth-order valence-corrected chi connectivity index (χ4v) is 3.88. The summed E-state index contributed by atoms with van der Waals surface area (Å²) in [7, 11) is 1.64. The zero-order valence-corrected chi connectivity index (χ0v) is 16.4. The predicted molar refractivity (Wildman–Crippen MR) is 108 cm³/mol. The molecule has 2 aromatic carbocycles. The van der Waals surface area contributed by atoms with Gasteiger partial charge in [0, 0.05) is 19.5 Å². The highest BCUT2D eigenvalue weighted by atomic mass is 16.6. The van der Waals surface area contributed by atoms with E-state index in [9.17, 15) is 5.11 Å². The first-order valence-corrected chi connectivity index (χ1v) is 9.79. The van der Waals surface area contributed by atoms with Gasteiger partial charge in [-0.1, -0.05) is 60.7 Å². The monoisotopic (exact) mass is 394 g/mol.